The quantitative estimate of drug-likeness (QED) is 0.805. The zero-order valence-corrected chi connectivity index (χ0v) is 11.8. The highest BCUT2D eigenvalue weighted by Gasteiger charge is 2.34. The molecule has 0 aliphatic heterocycles. The van der Waals surface area contributed by atoms with E-state index < -0.39 is 23.2 Å². The Morgan fingerprint density at radius 1 is 1.13 bits per heavy atom. The minimum Gasteiger partial charge on any atom is -0.346 e. The van der Waals surface area contributed by atoms with E-state index in [-0.39, 0.29) is 6.54 Å². The first-order valence-electron chi connectivity index (χ1n) is 6.82. The summed E-state index contributed by atoms with van der Waals surface area (Å²) in [6, 6.07) is 10.1. The highest BCUT2D eigenvalue weighted by Crippen LogP contribution is 2.31. The Hall–Kier alpha value is -2.83. The Balaban J connectivity index is 1.77. The van der Waals surface area contributed by atoms with Crippen molar-refractivity contribution in [1.82, 2.24) is 14.7 Å². The maximum atomic E-state index is 12.9. The van der Waals surface area contributed by atoms with Gasteiger partial charge in [-0.3, -0.25) is 4.79 Å². The maximum absolute atomic E-state index is 12.9. The van der Waals surface area contributed by atoms with E-state index in [1.165, 1.54) is 12.1 Å². The molecule has 23 heavy (non-hydrogen) atoms. The first-order chi connectivity index (χ1) is 10.9. The number of fused-ring (bicyclic) bond motifs is 1. The summed E-state index contributed by atoms with van der Waals surface area (Å²) in [5.74, 6) is -0.782. The number of nitrogens with one attached hydrogen (secondary N) is 1. The number of aromatic nitrogens is 2. The van der Waals surface area contributed by atoms with Crippen molar-refractivity contribution in [3.63, 3.8) is 0 Å². The van der Waals surface area contributed by atoms with Crippen LogP contribution >= 0.6 is 0 Å². The average Bonchev–Trinajstić information content (AvgIpc) is 2.94. The lowest BCUT2D eigenvalue weighted by Gasteiger charge is -2.12. The molecule has 4 nitrogen and oxygen atoms in total. The van der Waals surface area contributed by atoms with Crippen molar-refractivity contribution in [3.8, 4) is 0 Å². The van der Waals surface area contributed by atoms with Gasteiger partial charge in [-0.05, 0) is 24.3 Å². The van der Waals surface area contributed by atoms with Crippen LogP contribution < -0.4 is 5.32 Å². The van der Waals surface area contributed by atoms with Crippen LogP contribution in [0.1, 0.15) is 21.6 Å². The van der Waals surface area contributed by atoms with E-state index in [0.717, 1.165) is 12.1 Å². The fourth-order valence-corrected chi connectivity index (χ4v) is 2.27. The van der Waals surface area contributed by atoms with Gasteiger partial charge in [0.05, 0.1) is 23.4 Å². The van der Waals surface area contributed by atoms with Gasteiger partial charge >= 0.3 is 6.18 Å². The number of halogens is 3. The second-order valence-corrected chi connectivity index (χ2v) is 4.92. The van der Waals surface area contributed by atoms with Crippen molar-refractivity contribution in [2.45, 2.75) is 12.7 Å². The SMILES string of the molecule is O=C(NCc1cn2ccccc2n1)c1ccccc1C(F)(F)F. The molecular weight excluding hydrogens is 307 g/mol. The van der Waals surface area contributed by atoms with Crippen molar-refractivity contribution in [2.24, 2.45) is 0 Å². The number of amides is 1. The Kier molecular flexibility index (Phi) is 3.77. The van der Waals surface area contributed by atoms with Crippen LogP contribution in [0.3, 0.4) is 0 Å². The largest absolute Gasteiger partial charge is 0.417 e. The van der Waals surface area contributed by atoms with Gasteiger partial charge in [0.25, 0.3) is 5.91 Å². The van der Waals surface area contributed by atoms with Crippen molar-refractivity contribution in [1.29, 1.82) is 0 Å². The predicted octanol–water partition coefficient (Wildman–Crippen LogP) is 3.28. The average molecular weight is 319 g/mol. The van der Waals surface area contributed by atoms with Crippen molar-refractivity contribution < 1.29 is 18.0 Å². The number of alkyl halides is 3. The van der Waals surface area contributed by atoms with Gasteiger partial charge in [0.15, 0.2) is 0 Å². The van der Waals surface area contributed by atoms with Gasteiger partial charge in [0.2, 0.25) is 0 Å². The third-order valence-electron chi connectivity index (χ3n) is 3.32. The summed E-state index contributed by atoms with van der Waals surface area (Å²) in [5.41, 5.74) is -0.0854. The summed E-state index contributed by atoms with van der Waals surface area (Å²) in [6.07, 6.45) is -1.06. The van der Waals surface area contributed by atoms with Crippen LogP contribution in [0.15, 0.2) is 54.9 Å². The predicted molar refractivity (Wildman–Crippen MR) is 77.8 cm³/mol. The number of pyridine rings is 1. The van der Waals surface area contributed by atoms with Gasteiger partial charge < -0.3 is 9.72 Å². The van der Waals surface area contributed by atoms with E-state index in [4.69, 9.17) is 0 Å². The summed E-state index contributed by atoms with van der Waals surface area (Å²) >= 11 is 0. The number of carbonyl (C=O) groups is 1. The fraction of sp³-hybridized carbons (Fsp3) is 0.125. The van der Waals surface area contributed by atoms with Gasteiger partial charge in [-0.15, -0.1) is 0 Å². The molecule has 2 aromatic heterocycles. The van der Waals surface area contributed by atoms with Crippen molar-refractivity contribution >= 4 is 11.6 Å². The number of carbonyl (C=O) groups excluding carboxylic acids is 1. The van der Waals surface area contributed by atoms with Crippen LogP contribution in [0.5, 0.6) is 0 Å². The molecular formula is C16H12F3N3O. The molecule has 3 aromatic rings. The minimum absolute atomic E-state index is 0.0483. The molecule has 0 fully saturated rings. The molecule has 0 saturated carbocycles. The number of hydrogen-bond donors (Lipinski definition) is 1. The first-order valence-corrected chi connectivity index (χ1v) is 6.82. The molecule has 118 valence electrons. The molecule has 0 unspecified atom stereocenters. The molecule has 1 N–H and O–H groups in total. The van der Waals surface area contributed by atoms with E-state index in [9.17, 15) is 18.0 Å². The summed E-state index contributed by atoms with van der Waals surface area (Å²) in [7, 11) is 0. The van der Waals surface area contributed by atoms with E-state index in [1.54, 1.807) is 22.9 Å². The second-order valence-electron chi connectivity index (χ2n) is 4.92. The van der Waals surface area contributed by atoms with E-state index in [0.29, 0.717) is 11.3 Å². The van der Waals surface area contributed by atoms with Gasteiger partial charge in [-0.2, -0.15) is 13.2 Å². The molecule has 1 aromatic carbocycles. The molecule has 0 aliphatic carbocycles. The highest BCUT2D eigenvalue weighted by atomic mass is 19.4. The molecule has 2 heterocycles. The van der Waals surface area contributed by atoms with E-state index in [2.05, 4.69) is 10.3 Å². The van der Waals surface area contributed by atoms with Crippen LogP contribution in [-0.2, 0) is 12.7 Å². The van der Waals surface area contributed by atoms with E-state index in [1.807, 2.05) is 12.1 Å². The number of nitrogens with zero attached hydrogens (tertiary/aromatic N) is 2. The van der Waals surface area contributed by atoms with Crippen LogP contribution in [0.25, 0.3) is 5.65 Å². The Bertz CT molecular complexity index is 822. The molecule has 3 rings (SSSR count). The van der Waals surface area contributed by atoms with Crippen LogP contribution in [-0.4, -0.2) is 15.3 Å². The second kappa shape index (κ2) is 5.75. The number of hydrogen-bond acceptors (Lipinski definition) is 2. The Morgan fingerprint density at radius 2 is 1.87 bits per heavy atom. The van der Waals surface area contributed by atoms with Crippen LogP contribution in [0, 0.1) is 0 Å². The number of rotatable bonds is 3. The highest BCUT2D eigenvalue weighted by molar-refractivity contribution is 5.95. The molecule has 0 radical (unpaired) electrons. The Labute approximate surface area is 129 Å². The van der Waals surface area contributed by atoms with Gasteiger partial charge in [0.1, 0.15) is 5.65 Å². The van der Waals surface area contributed by atoms with Crippen LogP contribution in [0.4, 0.5) is 13.2 Å². The molecule has 0 bridgehead atoms. The van der Waals surface area contributed by atoms with E-state index >= 15 is 0 Å². The summed E-state index contributed by atoms with van der Waals surface area (Å²) < 4.78 is 40.5. The zero-order chi connectivity index (χ0) is 16.4. The normalized spacial score (nSPS) is 11.6. The zero-order valence-electron chi connectivity index (χ0n) is 11.8. The van der Waals surface area contributed by atoms with Crippen molar-refractivity contribution in [3.05, 3.63) is 71.7 Å². The molecule has 7 heteroatoms. The first kappa shape index (κ1) is 15.1. The molecule has 0 saturated heterocycles. The van der Waals surface area contributed by atoms with Crippen molar-refractivity contribution in [2.75, 3.05) is 0 Å². The number of benzene rings is 1. The third kappa shape index (κ3) is 3.18. The molecule has 1 amide bonds. The molecule has 0 atom stereocenters. The molecule has 0 aliphatic rings. The lowest BCUT2D eigenvalue weighted by molar-refractivity contribution is -0.137. The van der Waals surface area contributed by atoms with Gasteiger partial charge in [-0.1, -0.05) is 18.2 Å². The summed E-state index contributed by atoms with van der Waals surface area (Å²) in [5, 5.41) is 2.47. The van der Waals surface area contributed by atoms with Crippen LogP contribution in [0.2, 0.25) is 0 Å². The lowest BCUT2D eigenvalue weighted by Crippen LogP contribution is -2.26. The monoisotopic (exact) mass is 319 g/mol. The Morgan fingerprint density at radius 3 is 2.61 bits per heavy atom. The fourth-order valence-electron chi connectivity index (χ4n) is 2.27. The minimum atomic E-state index is -4.57. The maximum Gasteiger partial charge on any atom is 0.417 e. The smallest absolute Gasteiger partial charge is 0.346 e. The van der Waals surface area contributed by atoms with Gasteiger partial charge in [0, 0.05) is 12.4 Å². The summed E-state index contributed by atoms with van der Waals surface area (Å²) in [6.45, 7) is 0.0483. The third-order valence-corrected chi connectivity index (χ3v) is 3.32. The lowest BCUT2D eigenvalue weighted by atomic mass is 10.1. The summed E-state index contributed by atoms with van der Waals surface area (Å²) in [4.78, 5) is 16.3. The molecule has 0 spiro atoms. The number of imidazole rings is 1. The standard InChI is InChI=1S/C16H12F3N3O/c17-16(18,19)13-6-2-1-5-12(13)15(23)20-9-11-10-22-8-4-3-7-14(22)21-11/h1-8,10H,9H2,(H,20,23). The van der Waals surface area contributed by atoms with Gasteiger partial charge in [-0.25, -0.2) is 4.98 Å². The topological polar surface area (TPSA) is 46.4 Å².